The Morgan fingerprint density at radius 2 is 2.25 bits per heavy atom. The summed E-state index contributed by atoms with van der Waals surface area (Å²) in [6.45, 7) is 0.558. The number of ether oxygens (including phenoxy) is 2. The van der Waals surface area contributed by atoms with Gasteiger partial charge in [-0.2, -0.15) is 0 Å². The third-order valence-corrected chi connectivity index (χ3v) is 4.16. The Kier molecular flexibility index (Phi) is 3.78. The lowest BCUT2D eigenvalue weighted by molar-refractivity contribution is 0.0825. The first-order valence-corrected chi connectivity index (χ1v) is 6.91. The van der Waals surface area contributed by atoms with Crippen LogP contribution in [0.5, 0.6) is 5.75 Å². The van der Waals surface area contributed by atoms with Crippen molar-refractivity contribution in [3.8, 4) is 5.75 Å². The summed E-state index contributed by atoms with van der Waals surface area (Å²) >= 11 is 0. The highest BCUT2D eigenvalue weighted by Crippen LogP contribution is 2.38. The maximum Gasteiger partial charge on any atom is 0.489 e. The summed E-state index contributed by atoms with van der Waals surface area (Å²) in [7, 11) is -1.68. The van der Waals surface area contributed by atoms with Crippen molar-refractivity contribution in [2.45, 2.75) is 31.5 Å². The average Bonchev–Trinajstić information content (AvgIpc) is 3.07. The second-order valence-electron chi connectivity index (χ2n) is 5.46. The van der Waals surface area contributed by atoms with Crippen LogP contribution in [0.3, 0.4) is 0 Å². The molecule has 0 radical (unpaired) electrons. The lowest BCUT2D eigenvalue weighted by Crippen LogP contribution is -2.33. The van der Waals surface area contributed by atoms with E-state index < -0.39 is 7.12 Å². The first kappa shape index (κ1) is 13.6. The van der Waals surface area contributed by atoms with Crippen LogP contribution in [0.15, 0.2) is 18.2 Å². The number of fused-ring (bicyclic) bond motifs is 2. The molecule has 2 heterocycles. The molecule has 20 heavy (non-hydrogen) atoms. The summed E-state index contributed by atoms with van der Waals surface area (Å²) in [5.74, 6) is 0.948. The zero-order chi connectivity index (χ0) is 14.1. The molecule has 0 aromatic heterocycles. The molecule has 1 aromatic carbocycles. The fraction of sp³-hybridized carbons (Fsp3) is 0.500. The largest absolute Gasteiger partial charge is 0.493 e. The topological polar surface area (TPSA) is 76.0 Å². The molecule has 2 aliphatic rings. The van der Waals surface area contributed by atoms with Crippen molar-refractivity contribution < 1.29 is 24.3 Å². The van der Waals surface area contributed by atoms with Crippen molar-refractivity contribution in [1.82, 2.24) is 0 Å². The van der Waals surface area contributed by atoms with Gasteiger partial charge in [-0.25, -0.2) is 0 Å². The Bertz CT molecular complexity index is 504. The highest BCUT2D eigenvalue weighted by molar-refractivity contribution is 6.60. The van der Waals surface area contributed by atoms with Crippen LogP contribution >= 0.6 is 0 Å². The van der Waals surface area contributed by atoms with Crippen LogP contribution in [0.1, 0.15) is 29.6 Å². The third kappa shape index (κ3) is 2.59. The van der Waals surface area contributed by atoms with Crippen molar-refractivity contribution >= 4 is 18.9 Å². The number of rotatable bonds is 5. The Hall–Kier alpha value is -1.37. The Balaban J connectivity index is 1.65. The monoisotopic (exact) mass is 276 g/mol. The fourth-order valence-corrected chi connectivity index (χ4v) is 3.10. The predicted octanol–water partition coefficient (Wildman–Crippen LogP) is 0.125. The number of benzene rings is 1. The van der Waals surface area contributed by atoms with Gasteiger partial charge in [-0.05, 0) is 42.9 Å². The van der Waals surface area contributed by atoms with E-state index in [0.29, 0.717) is 36.8 Å². The summed E-state index contributed by atoms with van der Waals surface area (Å²) in [4.78, 5) is 10.8. The van der Waals surface area contributed by atoms with Gasteiger partial charge in [-0.3, -0.25) is 4.79 Å². The molecular weight excluding hydrogens is 259 g/mol. The lowest BCUT2D eigenvalue weighted by Gasteiger charge is -2.19. The molecule has 2 bridgehead atoms. The number of hydrogen-bond acceptors (Lipinski definition) is 5. The van der Waals surface area contributed by atoms with Gasteiger partial charge in [0.1, 0.15) is 12.0 Å². The van der Waals surface area contributed by atoms with E-state index in [1.165, 1.54) is 12.1 Å². The molecule has 0 aliphatic carbocycles. The summed E-state index contributed by atoms with van der Waals surface area (Å²) < 4.78 is 11.5. The SMILES string of the molecule is O=Cc1ccc(OCC2CC3CCC2O3)cc1B(O)O. The van der Waals surface area contributed by atoms with E-state index in [9.17, 15) is 14.8 Å². The van der Waals surface area contributed by atoms with Gasteiger partial charge in [0.15, 0.2) is 0 Å². The van der Waals surface area contributed by atoms with Gasteiger partial charge in [-0.1, -0.05) is 0 Å². The lowest BCUT2D eigenvalue weighted by atomic mass is 9.77. The standard InChI is InChI=1S/C14H17BO5/c16-7-9-1-2-11(6-13(9)15(17)18)19-8-10-5-12-3-4-14(10)20-12/h1-2,6-7,10,12,14,17-18H,3-5,8H2. The fourth-order valence-electron chi connectivity index (χ4n) is 3.10. The van der Waals surface area contributed by atoms with Crippen LogP contribution in [0.2, 0.25) is 0 Å². The Labute approximate surface area is 117 Å². The molecule has 0 saturated carbocycles. The smallest absolute Gasteiger partial charge is 0.489 e. The summed E-state index contributed by atoms with van der Waals surface area (Å²) in [6.07, 6.45) is 4.58. The molecule has 2 N–H and O–H groups in total. The molecular formula is C14H17BO5. The molecule has 3 rings (SSSR count). The number of aldehydes is 1. The summed E-state index contributed by atoms with van der Waals surface area (Å²) in [5.41, 5.74) is 0.428. The van der Waals surface area contributed by atoms with Crippen molar-refractivity contribution in [3.05, 3.63) is 23.8 Å². The van der Waals surface area contributed by atoms with Gasteiger partial charge >= 0.3 is 7.12 Å². The van der Waals surface area contributed by atoms with Crippen molar-refractivity contribution in [2.75, 3.05) is 6.61 Å². The van der Waals surface area contributed by atoms with Crippen molar-refractivity contribution in [2.24, 2.45) is 5.92 Å². The van der Waals surface area contributed by atoms with Crippen LogP contribution in [0.25, 0.3) is 0 Å². The van der Waals surface area contributed by atoms with Crippen LogP contribution in [-0.4, -0.2) is 42.3 Å². The third-order valence-electron chi connectivity index (χ3n) is 4.16. The van der Waals surface area contributed by atoms with Crippen LogP contribution < -0.4 is 10.2 Å². The van der Waals surface area contributed by atoms with E-state index in [2.05, 4.69) is 0 Å². The molecule has 3 unspecified atom stereocenters. The zero-order valence-electron chi connectivity index (χ0n) is 11.1. The van der Waals surface area contributed by atoms with Gasteiger partial charge in [0.25, 0.3) is 0 Å². The van der Waals surface area contributed by atoms with Crippen LogP contribution in [0, 0.1) is 5.92 Å². The zero-order valence-corrected chi connectivity index (χ0v) is 11.1. The second kappa shape index (κ2) is 5.56. The second-order valence-corrected chi connectivity index (χ2v) is 5.46. The first-order valence-electron chi connectivity index (χ1n) is 6.91. The number of hydrogen-bond donors (Lipinski definition) is 2. The van der Waals surface area contributed by atoms with E-state index in [1.54, 1.807) is 6.07 Å². The van der Waals surface area contributed by atoms with Gasteiger partial charge < -0.3 is 19.5 Å². The minimum atomic E-state index is -1.68. The minimum Gasteiger partial charge on any atom is -0.493 e. The Morgan fingerprint density at radius 3 is 2.85 bits per heavy atom. The molecule has 2 fully saturated rings. The first-order chi connectivity index (χ1) is 9.67. The molecule has 1 aromatic rings. The minimum absolute atomic E-state index is 0.168. The van der Waals surface area contributed by atoms with Gasteiger partial charge in [0.05, 0.1) is 18.8 Å². The van der Waals surface area contributed by atoms with Crippen LogP contribution in [-0.2, 0) is 4.74 Å². The molecule has 0 amide bonds. The van der Waals surface area contributed by atoms with Gasteiger partial charge in [-0.15, -0.1) is 0 Å². The van der Waals surface area contributed by atoms with E-state index in [0.717, 1.165) is 19.3 Å². The molecule has 3 atom stereocenters. The maximum atomic E-state index is 10.8. The molecule has 0 spiro atoms. The van der Waals surface area contributed by atoms with E-state index >= 15 is 0 Å². The molecule has 2 aliphatic heterocycles. The molecule has 5 nitrogen and oxygen atoms in total. The maximum absolute atomic E-state index is 10.8. The average molecular weight is 276 g/mol. The highest BCUT2D eigenvalue weighted by atomic mass is 16.5. The normalized spacial score (nSPS) is 27.6. The number of carbonyl (C=O) groups is 1. The molecule has 6 heteroatoms. The van der Waals surface area contributed by atoms with Crippen molar-refractivity contribution in [3.63, 3.8) is 0 Å². The van der Waals surface area contributed by atoms with E-state index in [-0.39, 0.29) is 11.0 Å². The highest BCUT2D eigenvalue weighted by Gasteiger charge is 2.40. The van der Waals surface area contributed by atoms with E-state index in [4.69, 9.17) is 9.47 Å². The van der Waals surface area contributed by atoms with E-state index in [1.807, 2.05) is 0 Å². The molecule has 2 saturated heterocycles. The van der Waals surface area contributed by atoms with Crippen LogP contribution in [0.4, 0.5) is 0 Å². The number of carbonyl (C=O) groups excluding carboxylic acids is 1. The summed E-state index contributed by atoms with van der Waals surface area (Å²) in [6, 6.07) is 4.71. The van der Waals surface area contributed by atoms with Crippen molar-refractivity contribution in [1.29, 1.82) is 0 Å². The Morgan fingerprint density at radius 1 is 1.40 bits per heavy atom. The summed E-state index contributed by atoms with van der Waals surface area (Å²) in [5, 5.41) is 18.5. The van der Waals surface area contributed by atoms with Gasteiger partial charge in [0.2, 0.25) is 0 Å². The molecule has 106 valence electrons. The van der Waals surface area contributed by atoms with Gasteiger partial charge in [0, 0.05) is 11.5 Å². The quantitative estimate of drug-likeness (QED) is 0.590. The predicted molar refractivity (Wildman–Crippen MR) is 73.2 cm³/mol.